The predicted molar refractivity (Wildman–Crippen MR) is 122 cm³/mol. The highest BCUT2D eigenvalue weighted by Crippen LogP contribution is 2.31. The third-order valence-electron chi connectivity index (χ3n) is 5.08. The smallest absolute Gasteiger partial charge is 0.191 e. The molecule has 0 aliphatic carbocycles. The number of hydrogen-bond donors (Lipinski definition) is 2. The van der Waals surface area contributed by atoms with Crippen LogP contribution in [0.2, 0.25) is 0 Å². The number of hydrogen-bond acceptors (Lipinski definition) is 5. The molecule has 1 aliphatic rings. The molecular formula is C24H32FN3O4. The van der Waals surface area contributed by atoms with E-state index in [0.717, 1.165) is 28.2 Å². The number of rotatable bonds is 9. The van der Waals surface area contributed by atoms with Gasteiger partial charge in [-0.3, -0.25) is 4.99 Å². The molecule has 0 saturated carbocycles. The van der Waals surface area contributed by atoms with Crippen LogP contribution < -0.4 is 24.8 Å². The van der Waals surface area contributed by atoms with Crippen LogP contribution in [-0.2, 0) is 17.8 Å². The van der Waals surface area contributed by atoms with E-state index in [2.05, 4.69) is 22.5 Å². The Balaban J connectivity index is 1.60. The largest absolute Gasteiger partial charge is 0.490 e. The second-order valence-electron chi connectivity index (χ2n) is 7.35. The van der Waals surface area contributed by atoms with Gasteiger partial charge in [0.05, 0.1) is 25.9 Å². The Morgan fingerprint density at radius 2 is 1.94 bits per heavy atom. The van der Waals surface area contributed by atoms with E-state index in [1.165, 1.54) is 12.1 Å². The van der Waals surface area contributed by atoms with E-state index in [4.69, 9.17) is 18.9 Å². The molecule has 2 N–H and O–H groups in total. The van der Waals surface area contributed by atoms with Crippen molar-refractivity contribution in [3.05, 3.63) is 52.8 Å². The number of fused-ring (bicyclic) bond motifs is 1. The molecule has 1 heterocycles. The minimum Gasteiger partial charge on any atom is -0.490 e. The first-order valence-electron chi connectivity index (χ1n) is 10.9. The topological polar surface area (TPSA) is 73.3 Å². The molecule has 1 unspecified atom stereocenters. The molecular weight excluding hydrogens is 413 g/mol. The maximum Gasteiger partial charge on any atom is 0.191 e. The van der Waals surface area contributed by atoms with Crippen molar-refractivity contribution in [3.8, 4) is 17.2 Å². The summed E-state index contributed by atoms with van der Waals surface area (Å²) >= 11 is 0. The van der Waals surface area contributed by atoms with Crippen molar-refractivity contribution in [1.82, 2.24) is 10.6 Å². The molecule has 8 heteroatoms. The minimum atomic E-state index is -0.287. The van der Waals surface area contributed by atoms with Gasteiger partial charge in [0.2, 0.25) is 0 Å². The molecule has 0 fully saturated rings. The normalized spacial score (nSPS) is 14.2. The minimum absolute atomic E-state index is 0.0153. The van der Waals surface area contributed by atoms with Crippen LogP contribution in [0.3, 0.4) is 0 Å². The number of nitrogens with zero attached hydrogens (tertiary/aromatic N) is 1. The molecule has 1 aliphatic heterocycles. The van der Waals surface area contributed by atoms with Crippen molar-refractivity contribution in [3.63, 3.8) is 0 Å². The summed E-state index contributed by atoms with van der Waals surface area (Å²) in [6, 6.07) is 8.88. The Bertz CT molecular complexity index is 936. The van der Waals surface area contributed by atoms with Crippen molar-refractivity contribution in [1.29, 1.82) is 0 Å². The zero-order valence-corrected chi connectivity index (χ0v) is 19.2. The van der Waals surface area contributed by atoms with Crippen molar-refractivity contribution in [2.45, 2.75) is 39.8 Å². The molecule has 32 heavy (non-hydrogen) atoms. The average Bonchev–Trinajstić information content (AvgIpc) is 2.79. The summed E-state index contributed by atoms with van der Waals surface area (Å²) in [5.41, 5.74) is 2.60. The third-order valence-corrected chi connectivity index (χ3v) is 5.08. The number of nitrogens with one attached hydrogen (secondary N) is 2. The average molecular weight is 446 g/mol. The Morgan fingerprint density at radius 1 is 1.16 bits per heavy atom. The van der Waals surface area contributed by atoms with E-state index in [-0.39, 0.29) is 18.7 Å². The molecule has 2 aromatic rings. The highest BCUT2D eigenvalue weighted by molar-refractivity contribution is 5.80. The maximum absolute atomic E-state index is 13.9. The van der Waals surface area contributed by atoms with Crippen molar-refractivity contribution >= 4 is 5.96 Å². The van der Waals surface area contributed by atoms with Gasteiger partial charge in [0.1, 0.15) is 11.6 Å². The van der Waals surface area contributed by atoms with Crippen LogP contribution in [0.5, 0.6) is 17.2 Å². The summed E-state index contributed by atoms with van der Waals surface area (Å²) in [5, 5.41) is 6.67. The lowest BCUT2D eigenvalue weighted by Crippen LogP contribution is -2.39. The third kappa shape index (κ3) is 6.03. The molecule has 0 amide bonds. The summed E-state index contributed by atoms with van der Waals surface area (Å²) in [5.74, 6) is 2.54. The quantitative estimate of drug-likeness (QED) is 0.450. The molecule has 1 atom stereocenters. The Morgan fingerprint density at radius 3 is 2.69 bits per heavy atom. The summed E-state index contributed by atoms with van der Waals surface area (Å²) in [4.78, 5) is 4.31. The van der Waals surface area contributed by atoms with Crippen LogP contribution in [0.25, 0.3) is 0 Å². The summed E-state index contributed by atoms with van der Waals surface area (Å²) in [7, 11) is 1.72. The Kier molecular flexibility index (Phi) is 8.56. The highest BCUT2D eigenvalue weighted by Gasteiger charge is 2.17. The molecule has 2 aromatic carbocycles. The van der Waals surface area contributed by atoms with Gasteiger partial charge in [-0.25, -0.2) is 4.39 Å². The second-order valence-corrected chi connectivity index (χ2v) is 7.35. The second kappa shape index (κ2) is 11.6. The monoisotopic (exact) mass is 445 g/mol. The number of aliphatic imine (C=N–C) groups is 1. The zero-order valence-electron chi connectivity index (χ0n) is 19.2. The SMILES string of the molecule is CCOc1ccc(C(C)NC(=NC)NCCc2cc(F)cc3c2OCOC3)cc1OCC. The summed E-state index contributed by atoms with van der Waals surface area (Å²) < 4.78 is 36.2. The van der Waals surface area contributed by atoms with Crippen LogP contribution in [0.4, 0.5) is 4.39 Å². The first-order chi connectivity index (χ1) is 15.5. The molecule has 0 saturated heterocycles. The van der Waals surface area contributed by atoms with Gasteiger partial charge in [-0.1, -0.05) is 6.07 Å². The molecule has 0 bridgehead atoms. The van der Waals surface area contributed by atoms with E-state index in [0.29, 0.717) is 44.5 Å². The van der Waals surface area contributed by atoms with Crippen LogP contribution >= 0.6 is 0 Å². The first kappa shape index (κ1) is 23.7. The molecule has 174 valence electrons. The number of benzene rings is 2. The van der Waals surface area contributed by atoms with Gasteiger partial charge in [-0.15, -0.1) is 0 Å². The van der Waals surface area contributed by atoms with Gasteiger partial charge < -0.3 is 29.6 Å². The lowest BCUT2D eigenvalue weighted by atomic mass is 10.1. The zero-order chi connectivity index (χ0) is 22.9. The van der Waals surface area contributed by atoms with Crippen molar-refractivity contribution in [2.24, 2.45) is 4.99 Å². The van der Waals surface area contributed by atoms with Crippen molar-refractivity contribution in [2.75, 3.05) is 33.6 Å². The molecule has 0 aromatic heterocycles. The van der Waals surface area contributed by atoms with Gasteiger partial charge in [0.15, 0.2) is 24.3 Å². The fourth-order valence-electron chi connectivity index (χ4n) is 3.58. The lowest BCUT2D eigenvalue weighted by Gasteiger charge is -2.22. The van der Waals surface area contributed by atoms with E-state index >= 15 is 0 Å². The van der Waals surface area contributed by atoms with E-state index in [1.807, 2.05) is 32.0 Å². The maximum atomic E-state index is 13.9. The van der Waals surface area contributed by atoms with Crippen molar-refractivity contribution < 1.29 is 23.3 Å². The first-order valence-corrected chi connectivity index (χ1v) is 10.9. The van der Waals surface area contributed by atoms with E-state index in [1.54, 1.807) is 7.05 Å². The fraction of sp³-hybridized carbons (Fsp3) is 0.458. The standard InChI is InChI=1S/C24H32FN3O4/c1-5-30-21-8-7-17(13-22(21)31-6-2)16(3)28-24(26-4)27-10-9-18-11-20(25)12-19-14-29-15-32-23(18)19/h7-8,11-13,16H,5-6,9-10,14-15H2,1-4H3,(H2,26,27,28). The van der Waals surface area contributed by atoms with E-state index < -0.39 is 0 Å². The lowest BCUT2D eigenvalue weighted by molar-refractivity contribution is -0.0172. The molecule has 0 spiro atoms. The van der Waals surface area contributed by atoms with Crippen LogP contribution in [0.15, 0.2) is 35.3 Å². The molecule has 7 nitrogen and oxygen atoms in total. The highest BCUT2D eigenvalue weighted by atomic mass is 19.1. The van der Waals surface area contributed by atoms with E-state index in [9.17, 15) is 4.39 Å². The van der Waals surface area contributed by atoms with Crippen LogP contribution in [0, 0.1) is 5.82 Å². The van der Waals surface area contributed by atoms with Gasteiger partial charge in [0.25, 0.3) is 0 Å². The van der Waals surface area contributed by atoms with Crippen LogP contribution in [0.1, 0.15) is 43.5 Å². The van der Waals surface area contributed by atoms with Gasteiger partial charge in [-0.05, 0) is 62.6 Å². The Labute approximate surface area is 188 Å². The van der Waals surface area contributed by atoms with Crippen LogP contribution in [-0.4, -0.2) is 39.6 Å². The number of ether oxygens (including phenoxy) is 4. The van der Waals surface area contributed by atoms with Gasteiger partial charge in [-0.2, -0.15) is 0 Å². The predicted octanol–water partition coefficient (Wildman–Crippen LogP) is 3.96. The molecule has 3 rings (SSSR count). The summed E-state index contributed by atoms with van der Waals surface area (Å²) in [6.45, 7) is 8.21. The number of guanidine groups is 1. The Hall–Kier alpha value is -3.00. The fourth-order valence-corrected chi connectivity index (χ4v) is 3.58. The summed E-state index contributed by atoms with van der Waals surface area (Å²) in [6.07, 6.45) is 0.590. The van der Waals surface area contributed by atoms with Gasteiger partial charge in [0, 0.05) is 19.2 Å². The number of halogens is 1. The molecule has 0 radical (unpaired) electrons. The van der Waals surface area contributed by atoms with Gasteiger partial charge >= 0.3 is 0 Å².